The van der Waals surface area contributed by atoms with Gasteiger partial charge in [0.05, 0.1) is 10.6 Å². The van der Waals surface area contributed by atoms with Gasteiger partial charge in [0.25, 0.3) is 5.91 Å². The fourth-order valence-corrected chi connectivity index (χ4v) is 3.88. The minimum Gasteiger partial charge on any atom is -0.508 e. The van der Waals surface area contributed by atoms with Gasteiger partial charge in [-0.3, -0.25) is 4.79 Å². The number of nitrogens with zero attached hydrogens (tertiary/aromatic N) is 1. The summed E-state index contributed by atoms with van der Waals surface area (Å²) in [5, 5.41) is 13.6. The van der Waals surface area contributed by atoms with Gasteiger partial charge < -0.3 is 15.3 Å². The molecule has 21 heavy (non-hydrogen) atoms. The molecular formula is C16H21ClN2O2. The monoisotopic (exact) mass is 308 g/mol. The Labute approximate surface area is 130 Å². The van der Waals surface area contributed by atoms with Crippen molar-refractivity contribution in [2.24, 2.45) is 0 Å². The van der Waals surface area contributed by atoms with Gasteiger partial charge in [0.15, 0.2) is 0 Å². The van der Waals surface area contributed by atoms with Crippen molar-refractivity contribution in [1.82, 2.24) is 10.2 Å². The molecule has 2 aliphatic heterocycles. The molecule has 0 spiro atoms. The smallest absolute Gasteiger partial charge is 0.255 e. The van der Waals surface area contributed by atoms with E-state index in [9.17, 15) is 9.90 Å². The van der Waals surface area contributed by atoms with Crippen LogP contribution in [0, 0.1) is 0 Å². The number of hydrogen-bond donors (Lipinski definition) is 2. The van der Waals surface area contributed by atoms with E-state index in [0.29, 0.717) is 29.2 Å². The van der Waals surface area contributed by atoms with Gasteiger partial charge in [-0.25, -0.2) is 0 Å². The second-order valence-corrected chi connectivity index (χ2v) is 6.43. The lowest BCUT2D eigenvalue weighted by Crippen LogP contribution is -2.50. The first-order valence-electron chi connectivity index (χ1n) is 7.64. The molecule has 5 heteroatoms. The van der Waals surface area contributed by atoms with Gasteiger partial charge in [0.2, 0.25) is 0 Å². The van der Waals surface area contributed by atoms with Crippen LogP contribution in [0.1, 0.15) is 43.0 Å². The van der Waals surface area contributed by atoms with Crippen molar-refractivity contribution in [3.8, 4) is 5.75 Å². The number of aromatic hydroxyl groups is 1. The van der Waals surface area contributed by atoms with Crippen molar-refractivity contribution in [1.29, 1.82) is 0 Å². The first-order chi connectivity index (χ1) is 10.1. The summed E-state index contributed by atoms with van der Waals surface area (Å²) < 4.78 is 0. The number of phenols is 1. The van der Waals surface area contributed by atoms with E-state index in [4.69, 9.17) is 11.6 Å². The predicted octanol–water partition coefficient (Wildman–Crippen LogP) is 2.79. The van der Waals surface area contributed by atoms with E-state index in [1.807, 2.05) is 11.8 Å². The third kappa shape index (κ3) is 2.87. The van der Waals surface area contributed by atoms with Crippen molar-refractivity contribution in [3.05, 3.63) is 28.8 Å². The molecule has 2 atom stereocenters. The summed E-state index contributed by atoms with van der Waals surface area (Å²) in [5.41, 5.74) is 0.393. The maximum Gasteiger partial charge on any atom is 0.255 e. The first-order valence-corrected chi connectivity index (χ1v) is 8.01. The Morgan fingerprint density at radius 1 is 1.38 bits per heavy atom. The molecule has 2 bridgehead atoms. The van der Waals surface area contributed by atoms with Crippen LogP contribution in [-0.2, 0) is 0 Å². The number of nitrogens with one attached hydrogen (secondary N) is 1. The zero-order valence-corrected chi connectivity index (χ0v) is 12.9. The Kier molecular flexibility index (Phi) is 4.09. The third-order valence-electron chi connectivity index (χ3n) is 4.67. The first kappa shape index (κ1) is 14.7. The molecule has 2 N–H and O–H groups in total. The molecule has 0 aromatic heterocycles. The van der Waals surface area contributed by atoms with Gasteiger partial charge >= 0.3 is 0 Å². The van der Waals surface area contributed by atoms with Gasteiger partial charge in [0.1, 0.15) is 5.75 Å². The van der Waals surface area contributed by atoms with Gasteiger partial charge in [0, 0.05) is 24.7 Å². The summed E-state index contributed by atoms with van der Waals surface area (Å²) in [4.78, 5) is 14.7. The highest BCUT2D eigenvalue weighted by Crippen LogP contribution is 2.31. The number of benzene rings is 1. The molecule has 2 heterocycles. The minimum absolute atomic E-state index is 0.0733. The highest BCUT2D eigenvalue weighted by Gasteiger charge is 2.37. The van der Waals surface area contributed by atoms with Gasteiger partial charge in [-0.05, 0) is 50.8 Å². The number of carbonyl (C=O) groups excluding carboxylic acids is 1. The zero-order chi connectivity index (χ0) is 15.0. The fraction of sp³-hybridized carbons (Fsp3) is 0.562. The molecule has 2 unspecified atom stereocenters. The van der Waals surface area contributed by atoms with E-state index in [0.717, 1.165) is 12.8 Å². The second-order valence-electron chi connectivity index (χ2n) is 6.02. The van der Waals surface area contributed by atoms with Crippen LogP contribution < -0.4 is 5.32 Å². The van der Waals surface area contributed by atoms with E-state index < -0.39 is 0 Å². The number of piperidine rings is 1. The largest absolute Gasteiger partial charge is 0.508 e. The summed E-state index contributed by atoms with van der Waals surface area (Å²) in [6.07, 6.45) is 4.43. The molecule has 3 rings (SSSR count). The summed E-state index contributed by atoms with van der Waals surface area (Å²) in [7, 11) is 0. The van der Waals surface area contributed by atoms with Gasteiger partial charge in [-0.2, -0.15) is 0 Å². The molecule has 1 amide bonds. The lowest BCUT2D eigenvalue weighted by molar-refractivity contribution is 0.0631. The van der Waals surface area contributed by atoms with E-state index in [-0.39, 0.29) is 17.7 Å². The molecule has 2 saturated heterocycles. The molecule has 2 fully saturated rings. The number of amides is 1. The quantitative estimate of drug-likeness (QED) is 0.903. The van der Waals surface area contributed by atoms with E-state index >= 15 is 0 Å². The lowest BCUT2D eigenvalue weighted by atomic mass is 9.97. The Hall–Kier alpha value is -1.26. The highest BCUT2D eigenvalue weighted by molar-refractivity contribution is 6.33. The van der Waals surface area contributed by atoms with Crippen LogP contribution in [-0.4, -0.2) is 40.6 Å². The SMILES string of the molecule is CCN(C(=O)c1cc(O)ccc1Cl)C1CC2CCC(C1)N2. The zero-order valence-electron chi connectivity index (χ0n) is 12.2. The topological polar surface area (TPSA) is 52.6 Å². The molecule has 4 nitrogen and oxygen atoms in total. The molecule has 2 aliphatic rings. The number of halogens is 1. The summed E-state index contributed by atoms with van der Waals surface area (Å²) in [6.45, 7) is 2.66. The Morgan fingerprint density at radius 2 is 2.05 bits per heavy atom. The predicted molar refractivity (Wildman–Crippen MR) is 82.8 cm³/mol. The van der Waals surface area contributed by atoms with Crippen LogP contribution >= 0.6 is 11.6 Å². The fourth-order valence-electron chi connectivity index (χ4n) is 3.68. The summed E-state index contributed by atoms with van der Waals surface area (Å²) in [5.74, 6) is -0.00566. The Balaban J connectivity index is 1.82. The van der Waals surface area contributed by atoms with E-state index in [1.54, 1.807) is 6.07 Å². The van der Waals surface area contributed by atoms with Crippen LogP contribution in [0.5, 0.6) is 5.75 Å². The maximum absolute atomic E-state index is 12.8. The average Bonchev–Trinajstić information content (AvgIpc) is 2.81. The molecule has 0 saturated carbocycles. The normalized spacial score (nSPS) is 27.6. The number of carbonyl (C=O) groups is 1. The van der Waals surface area contributed by atoms with Gasteiger partial charge in [-0.15, -0.1) is 0 Å². The standard InChI is InChI=1S/C16H21ClN2O2/c1-2-19(12-7-10-3-4-11(8-12)18-10)16(21)14-9-13(20)5-6-15(14)17/h5-6,9-12,18,20H,2-4,7-8H2,1H3. The van der Waals surface area contributed by atoms with Crippen molar-refractivity contribution in [2.45, 2.75) is 50.7 Å². The van der Waals surface area contributed by atoms with Crippen molar-refractivity contribution < 1.29 is 9.90 Å². The molecule has 114 valence electrons. The second kappa shape index (κ2) is 5.85. The van der Waals surface area contributed by atoms with Crippen LogP contribution in [0.4, 0.5) is 0 Å². The van der Waals surface area contributed by atoms with Crippen LogP contribution in [0.3, 0.4) is 0 Å². The molecule has 1 aromatic rings. The number of rotatable bonds is 3. The van der Waals surface area contributed by atoms with Crippen LogP contribution in [0.15, 0.2) is 18.2 Å². The molecular weight excluding hydrogens is 288 g/mol. The average molecular weight is 309 g/mol. The van der Waals surface area contributed by atoms with E-state index in [2.05, 4.69) is 5.32 Å². The lowest BCUT2D eigenvalue weighted by Gasteiger charge is -2.37. The number of phenolic OH excluding ortho intramolecular Hbond substituents is 1. The summed E-state index contributed by atoms with van der Waals surface area (Å²) >= 11 is 6.13. The van der Waals surface area contributed by atoms with Crippen LogP contribution in [0.25, 0.3) is 0 Å². The van der Waals surface area contributed by atoms with Crippen molar-refractivity contribution in [3.63, 3.8) is 0 Å². The Morgan fingerprint density at radius 3 is 2.67 bits per heavy atom. The van der Waals surface area contributed by atoms with Crippen molar-refractivity contribution >= 4 is 17.5 Å². The Bertz CT molecular complexity index is 537. The third-order valence-corrected chi connectivity index (χ3v) is 5.00. The summed E-state index contributed by atoms with van der Waals surface area (Å²) in [6, 6.07) is 5.87. The van der Waals surface area contributed by atoms with Crippen molar-refractivity contribution in [2.75, 3.05) is 6.54 Å². The van der Waals surface area contributed by atoms with E-state index in [1.165, 1.54) is 25.0 Å². The molecule has 0 radical (unpaired) electrons. The number of hydrogen-bond acceptors (Lipinski definition) is 3. The molecule has 0 aliphatic carbocycles. The maximum atomic E-state index is 12.8. The van der Waals surface area contributed by atoms with Crippen LogP contribution in [0.2, 0.25) is 5.02 Å². The number of fused-ring (bicyclic) bond motifs is 2. The minimum atomic E-state index is -0.0790. The molecule has 1 aromatic carbocycles. The highest BCUT2D eigenvalue weighted by atomic mass is 35.5. The van der Waals surface area contributed by atoms with Gasteiger partial charge in [-0.1, -0.05) is 11.6 Å².